The molecular formula is C7H11NO2. The molecule has 3 nitrogen and oxygen atoms in total. The van der Waals surface area contributed by atoms with Crippen LogP contribution in [0.3, 0.4) is 0 Å². The fourth-order valence-electron chi connectivity index (χ4n) is 1.16. The van der Waals surface area contributed by atoms with Gasteiger partial charge in [-0.2, -0.15) is 0 Å². The predicted octanol–water partition coefficient (Wildman–Crippen LogP) is 0.102. The van der Waals surface area contributed by atoms with Crippen LogP contribution in [0.4, 0.5) is 0 Å². The molecule has 1 heterocycles. The van der Waals surface area contributed by atoms with Gasteiger partial charge in [-0.05, 0) is 6.42 Å². The van der Waals surface area contributed by atoms with Crippen LogP contribution < -0.4 is 5.32 Å². The highest BCUT2D eigenvalue weighted by Gasteiger charge is 2.30. The van der Waals surface area contributed by atoms with Gasteiger partial charge in [0.05, 0.1) is 0 Å². The normalized spacial score (nSPS) is 25.1. The minimum absolute atomic E-state index is 0.0440. The summed E-state index contributed by atoms with van der Waals surface area (Å²) in [6.07, 6.45) is 1.79. The predicted molar refractivity (Wildman–Crippen MR) is 36.4 cm³/mol. The topological polar surface area (TPSA) is 46.2 Å². The first-order valence-electron chi connectivity index (χ1n) is 3.57. The second-order valence-corrected chi connectivity index (χ2v) is 2.56. The first-order valence-corrected chi connectivity index (χ1v) is 3.57. The van der Waals surface area contributed by atoms with Crippen LogP contribution in [0.5, 0.6) is 0 Å². The maximum Gasteiger partial charge on any atom is 0.287 e. The van der Waals surface area contributed by atoms with E-state index in [0.717, 1.165) is 12.8 Å². The van der Waals surface area contributed by atoms with Gasteiger partial charge in [-0.3, -0.25) is 9.59 Å². The van der Waals surface area contributed by atoms with Gasteiger partial charge in [-0.15, -0.1) is 0 Å². The van der Waals surface area contributed by atoms with Gasteiger partial charge in [0.25, 0.3) is 5.91 Å². The molecule has 0 radical (unpaired) electrons. The molecule has 1 atom stereocenters. The van der Waals surface area contributed by atoms with Crippen molar-refractivity contribution in [1.82, 2.24) is 5.32 Å². The number of hydrogen-bond acceptors (Lipinski definition) is 2. The fourth-order valence-corrected chi connectivity index (χ4v) is 1.16. The summed E-state index contributed by atoms with van der Waals surface area (Å²) in [7, 11) is 0. The number of hydrogen-bond donors (Lipinski definition) is 1. The van der Waals surface area contributed by atoms with Gasteiger partial charge >= 0.3 is 0 Å². The molecule has 0 aliphatic carbocycles. The molecule has 0 aromatic carbocycles. The lowest BCUT2D eigenvalue weighted by atomic mass is 10.0. The Hall–Kier alpha value is -0.860. The SMILES string of the molecule is CCC[C@H]1CNC(=O)C1=O. The van der Waals surface area contributed by atoms with E-state index in [2.05, 4.69) is 5.32 Å². The van der Waals surface area contributed by atoms with E-state index in [9.17, 15) is 9.59 Å². The van der Waals surface area contributed by atoms with Crippen LogP contribution in [0, 0.1) is 5.92 Å². The van der Waals surface area contributed by atoms with Gasteiger partial charge in [0.15, 0.2) is 0 Å². The second-order valence-electron chi connectivity index (χ2n) is 2.56. The molecule has 0 spiro atoms. The van der Waals surface area contributed by atoms with Crippen LogP contribution in [-0.4, -0.2) is 18.2 Å². The molecular weight excluding hydrogens is 130 g/mol. The summed E-state index contributed by atoms with van der Waals surface area (Å²) in [5, 5.41) is 2.52. The number of carbonyl (C=O) groups is 2. The molecule has 0 aromatic heterocycles. The summed E-state index contributed by atoms with van der Waals surface area (Å²) in [6, 6.07) is 0. The van der Waals surface area contributed by atoms with Crippen molar-refractivity contribution in [3.63, 3.8) is 0 Å². The molecule has 0 saturated carbocycles. The lowest BCUT2D eigenvalue weighted by molar-refractivity contribution is -0.136. The zero-order valence-electron chi connectivity index (χ0n) is 6.02. The molecule has 1 aliphatic heterocycles. The number of ketones is 1. The molecule has 0 bridgehead atoms. The third-order valence-electron chi connectivity index (χ3n) is 1.74. The van der Waals surface area contributed by atoms with Crippen molar-refractivity contribution in [2.24, 2.45) is 5.92 Å². The zero-order chi connectivity index (χ0) is 7.56. The molecule has 0 aromatic rings. The van der Waals surface area contributed by atoms with E-state index >= 15 is 0 Å². The van der Waals surface area contributed by atoms with Gasteiger partial charge in [-0.1, -0.05) is 13.3 Å². The van der Waals surface area contributed by atoms with E-state index < -0.39 is 5.91 Å². The molecule has 10 heavy (non-hydrogen) atoms. The Morgan fingerprint density at radius 1 is 1.60 bits per heavy atom. The Kier molecular flexibility index (Phi) is 2.04. The standard InChI is InChI=1S/C7H11NO2/c1-2-3-5-4-8-7(10)6(5)9/h5H,2-4H2,1H3,(H,8,10)/t5-/m0/s1. The van der Waals surface area contributed by atoms with Gasteiger partial charge in [0.2, 0.25) is 5.78 Å². The van der Waals surface area contributed by atoms with Crippen molar-refractivity contribution >= 4 is 11.7 Å². The third kappa shape index (κ3) is 1.17. The first kappa shape index (κ1) is 7.25. The Balaban J connectivity index is 2.49. The number of nitrogens with one attached hydrogen (secondary N) is 1. The molecule has 56 valence electrons. The van der Waals surface area contributed by atoms with Crippen LogP contribution in [0.1, 0.15) is 19.8 Å². The van der Waals surface area contributed by atoms with Crippen LogP contribution in [-0.2, 0) is 9.59 Å². The molecule has 3 heteroatoms. The van der Waals surface area contributed by atoms with E-state index in [1.807, 2.05) is 6.92 Å². The summed E-state index contributed by atoms with van der Waals surface area (Å²) >= 11 is 0. The van der Waals surface area contributed by atoms with Gasteiger partial charge in [0.1, 0.15) is 0 Å². The Bertz CT molecular complexity index is 165. The third-order valence-corrected chi connectivity index (χ3v) is 1.74. The average Bonchev–Trinajstić information content (AvgIpc) is 2.20. The monoisotopic (exact) mass is 141 g/mol. The van der Waals surface area contributed by atoms with Crippen molar-refractivity contribution in [3.8, 4) is 0 Å². The lowest BCUT2D eigenvalue weighted by Crippen LogP contribution is -2.18. The fraction of sp³-hybridized carbons (Fsp3) is 0.714. The quantitative estimate of drug-likeness (QED) is 0.554. The highest BCUT2D eigenvalue weighted by molar-refractivity contribution is 6.38. The van der Waals surface area contributed by atoms with Gasteiger partial charge in [0, 0.05) is 12.5 Å². The van der Waals surface area contributed by atoms with Crippen molar-refractivity contribution in [3.05, 3.63) is 0 Å². The maximum absolute atomic E-state index is 10.9. The van der Waals surface area contributed by atoms with Gasteiger partial charge < -0.3 is 5.32 Å². The Morgan fingerprint density at radius 3 is 2.70 bits per heavy atom. The summed E-state index contributed by atoms with van der Waals surface area (Å²) in [6.45, 7) is 2.56. The summed E-state index contributed by atoms with van der Waals surface area (Å²) in [4.78, 5) is 21.5. The van der Waals surface area contributed by atoms with Crippen molar-refractivity contribution < 1.29 is 9.59 Å². The lowest BCUT2D eigenvalue weighted by Gasteiger charge is -1.99. The highest BCUT2D eigenvalue weighted by Crippen LogP contribution is 2.10. The first-order chi connectivity index (χ1) is 4.75. The summed E-state index contributed by atoms with van der Waals surface area (Å²) in [5.74, 6) is -0.683. The minimum atomic E-state index is -0.404. The average molecular weight is 141 g/mol. The Labute approximate surface area is 59.8 Å². The Morgan fingerprint density at radius 2 is 2.30 bits per heavy atom. The molecule has 0 unspecified atom stereocenters. The van der Waals surface area contributed by atoms with Crippen molar-refractivity contribution in [1.29, 1.82) is 0 Å². The molecule has 1 N–H and O–H groups in total. The van der Waals surface area contributed by atoms with Crippen molar-refractivity contribution in [2.75, 3.05) is 6.54 Å². The largest absolute Gasteiger partial charge is 0.349 e. The van der Waals surface area contributed by atoms with E-state index in [4.69, 9.17) is 0 Å². The molecule has 1 rings (SSSR count). The van der Waals surface area contributed by atoms with E-state index in [1.54, 1.807) is 0 Å². The van der Waals surface area contributed by atoms with Crippen LogP contribution in [0.2, 0.25) is 0 Å². The number of rotatable bonds is 2. The minimum Gasteiger partial charge on any atom is -0.349 e. The summed E-state index contributed by atoms with van der Waals surface area (Å²) < 4.78 is 0. The molecule has 1 fully saturated rings. The van der Waals surface area contributed by atoms with Crippen molar-refractivity contribution in [2.45, 2.75) is 19.8 Å². The highest BCUT2D eigenvalue weighted by atomic mass is 16.2. The molecule has 1 saturated heterocycles. The molecule has 1 amide bonds. The van der Waals surface area contributed by atoms with Crippen LogP contribution in [0.15, 0.2) is 0 Å². The van der Waals surface area contributed by atoms with Gasteiger partial charge in [-0.25, -0.2) is 0 Å². The number of amides is 1. The zero-order valence-corrected chi connectivity index (χ0v) is 6.02. The van der Waals surface area contributed by atoms with E-state index in [-0.39, 0.29) is 11.7 Å². The second kappa shape index (κ2) is 2.82. The van der Waals surface area contributed by atoms with Crippen LogP contribution in [0.25, 0.3) is 0 Å². The summed E-state index contributed by atoms with van der Waals surface area (Å²) in [5.41, 5.74) is 0. The van der Waals surface area contributed by atoms with Crippen LogP contribution >= 0.6 is 0 Å². The van der Waals surface area contributed by atoms with E-state index in [1.165, 1.54) is 0 Å². The van der Waals surface area contributed by atoms with E-state index in [0.29, 0.717) is 6.54 Å². The number of carbonyl (C=O) groups excluding carboxylic acids is 2. The number of Topliss-reactive ketones (excluding diaryl/α,β-unsaturated/α-hetero) is 1. The smallest absolute Gasteiger partial charge is 0.287 e. The molecule has 1 aliphatic rings. The maximum atomic E-state index is 10.9.